The summed E-state index contributed by atoms with van der Waals surface area (Å²) in [6, 6.07) is 12.3. The predicted octanol–water partition coefficient (Wildman–Crippen LogP) is 2.49. The molecule has 29 heavy (non-hydrogen) atoms. The first-order valence-corrected chi connectivity index (χ1v) is 9.97. The summed E-state index contributed by atoms with van der Waals surface area (Å²) in [7, 11) is 5.74. The van der Waals surface area contributed by atoms with Crippen molar-refractivity contribution >= 4 is 11.8 Å². The number of anilines is 1. The number of rotatable bonds is 7. The standard InChI is InChI=1S/C22H31N5O2/c1-16-8-9-17(20(12-16)29-19-10-11-28-15-19)13-24-22(23-2)25-14-18-6-5-7-21(26-18)27(3)4/h5-9,12,19H,10-11,13-15H2,1-4H3,(H2,23,24,25). The number of hydrogen-bond acceptors (Lipinski definition) is 5. The molecular weight excluding hydrogens is 366 g/mol. The van der Waals surface area contributed by atoms with Gasteiger partial charge in [-0.05, 0) is 30.7 Å². The third-order valence-electron chi connectivity index (χ3n) is 4.76. The van der Waals surface area contributed by atoms with Gasteiger partial charge < -0.3 is 25.0 Å². The van der Waals surface area contributed by atoms with Gasteiger partial charge in [0, 0.05) is 39.7 Å². The minimum atomic E-state index is 0.128. The van der Waals surface area contributed by atoms with Crippen LogP contribution in [0.25, 0.3) is 0 Å². The first kappa shape index (κ1) is 20.9. The second-order valence-electron chi connectivity index (χ2n) is 7.38. The molecular formula is C22H31N5O2. The summed E-state index contributed by atoms with van der Waals surface area (Å²) in [4.78, 5) is 10.9. The SMILES string of the molecule is CN=C(NCc1cccc(N(C)C)n1)NCc1ccc(C)cc1OC1CCOC1. The number of nitrogens with one attached hydrogen (secondary N) is 2. The molecule has 0 bridgehead atoms. The minimum absolute atomic E-state index is 0.128. The second kappa shape index (κ2) is 10.1. The van der Waals surface area contributed by atoms with E-state index in [1.54, 1.807) is 7.05 Å². The largest absolute Gasteiger partial charge is 0.488 e. The van der Waals surface area contributed by atoms with E-state index in [1.165, 1.54) is 5.56 Å². The maximum absolute atomic E-state index is 6.18. The number of ether oxygens (including phenoxy) is 2. The summed E-state index contributed by atoms with van der Waals surface area (Å²) in [5, 5.41) is 6.69. The number of aromatic nitrogens is 1. The van der Waals surface area contributed by atoms with Crippen molar-refractivity contribution in [1.29, 1.82) is 0 Å². The van der Waals surface area contributed by atoms with Gasteiger partial charge in [-0.25, -0.2) is 4.98 Å². The summed E-state index contributed by atoms with van der Waals surface area (Å²) in [5.74, 6) is 2.56. The molecule has 0 amide bonds. The number of guanidine groups is 1. The molecule has 3 rings (SSSR count). The van der Waals surface area contributed by atoms with Gasteiger partial charge in [0.05, 0.1) is 25.5 Å². The molecule has 1 saturated heterocycles. The molecule has 1 aromatic heterocycles. The van der Waals surface area contributed by atoms with E-state index in [9.17, 15) is 0 Å². The van der Waals surface area contributed by atoms with Gasteiger partial charge >= 0.3 is 0 Å². The third-order valence-corrected chi connectivity index (χ3v) is 4.76. The highest BCUT2D eigenvalue weighted by Crippen LogP contribution is 2.23. The molecule has 1 fully saturated rings. The Morgan fingerprint density at radius 2 is 2.07 bits per heavy atom. The van der Waals surface area contributed by atoms with E-state index in [0.29, 0.717) is 19.7 Å². The van der Waals surface area contributed by atoms with E-state index in [1.807, 2.05) is 37.2 Å². The summed E-state index contributed by atoms with van der Waals surface area (Å²) in [5.41, 5.74) is 3.23. The Bertz CT molecular complexity index is 832. The average molecular weight is 398 g/mol. The van der Waals surface area contributed by atoms with Crippen molar-refractivity contribution in [3.8, 4) is 5.75 Å². The number of aliphatic imine (C=N–C) groups is 1. The Kier molecular flexibility index (Phi) is 7.30. The van der Waals surface area contributed by atoms with E-state index >= 15 is 0 Å². The van der Waals surface area contributed by atoms with Gasteiger partial charge in [0.2, 0.25) is 0 Å². The fourth-order valence-corrected chi connectivity index (χ4v) is 3.09. The number of nitrogens with zero attached hydrogens (tertiary/aromatic N) is 3. The van der Waals surface area contributed by atoms with E-state index in [-0.39, 0.29) is 6.10 Å². The van der Waals surface area contributed by atoms with Crippen molar-refractivity contribution in [1.82, 2.24) is 15.6 Å². The molecule has 7 heteroatoms. The fraction of sp³-hybridized carbons (Fsp3) is 0.455. The molecule has 1 aliphatic rings. The van der Waals surface area contributed by atoms with Crippen molar-refractivity contribution in [2.75, 3.05) is 39.3 Å². The normalized spacial score (nSPS) is 16.6. The highest BCUT2D eigenvalue weighted by atomic mass is 16.5. The summed E-state index contributed by atoms with van der Waals surface area (Å²) in [6.07, 6.45) is 1.06. The molecule has 2 N–H and O–H groups in total. The molecule has 0 spiro atoms. The van der Waals surface area contributed by atoms with E-state index in [4.69, 9.17) is 9.47 Å². The molecule has 2 heterocycles. The summed E-state index contributed by atoms with van der Waals surface area (Å²) < 4.78 is 11.6. The molecule has 0 aliphatic carbocycles. The minimum Gasteiger partial charge on any atom is -0.488 e. The number of aryl methyl sites for hydroxylation is 1. The van der Waals surface area contributed by atoms with Crippen LogP contribution in [0.4, 0.5) is 5.82 Å². The number of hydrogen-bond donors (Lipinski definition) is 2. The lowest BCUT2D eigenvalue weighted by atomic mass is 10.1. The molecule has 1 aromatic carbocycles. The fourth-order valence-electron chi connectivity index (χ4n) is 3.09. The Balaban J connectivity index is 1.58. The Labute approximate surface area is 173 Å². The Morgan fingerprint density at radius 3 is 2.79 bits per heavy atom. The Morgan fingerprint density at radius 1 is 1.24 bits per heavy atom. The first-order chi connectivity index (χ1) is 14.0. The van der Waals surface area contributed by atoms with Crippen molar-refractivity contribution < 1.29 is 9.47 Å². The van der Waals surface area contributed by atoms with E-state index < -0.39 is 0 Å². The van der Waals surface area contributed by atoms with Crippen LogP contribution in [0.5, 0.6) is 5.75 Å². The lowest BCUT2D eigenvalue weighted by Crippen LogP contribution is -2.36. The van der Waals surface area contributed by atoms with Crippen molar-refractivity contribution in [2.45, 2.75) is 32.5 Å². The van der Waals surface area contributed by atoms with Crippen molar-refractivity contribution in [3.05, 3.63) is 53.2 Å². The zero-order valence-corrected chi connectivity index (χ0v) is 17.7. The van der Waals surface area contributed by atoms with Gasteiger partial charge in [-0.1, -0.05) is 18.2 Å². The zero-order valence-electron chi connectivity index (χ0n) is 17.7. The summed E-state index contributed by atoms with van der Waals surface area (Å²) in [6.45, 7) is 4.71. The highest BCUT2D eigenvalue weighted by Gasteiger charge is 2.18. The average Bonchev–Trinajstić information content (AvgIpc) is 3.22. The van der Waals surface area contributed by atoms with Gasteiger partial charge in [-0.3, -0.25) is 4.99 Å². The van der Waals surface area contributed by atoms with Crippen LogP contribution < -0.4 is 20.3 Å². The molecule has 0 saturated carbocycles. The molecule has 0 radical (unpaired) electrons. The maximum atomic E-state index is 6.18. The molecule has 1 atom stereocenters. The van der Waals surface area contributed by atoms with Gasteiger partial charge in [-0.2, -0.15) is 0 Å². The Hall–Kier alpha value is -2.80. The van der Waals surface area contributed by atoms with Gasteiger partial charge in [-0.15, -0.1) is 0 Å². The van der Waals surface area contributed by atoms with E-state index in [2.05, 4.69) is 45.7 Å². The van der Waals surface area contributed by atoms with Crippen LogP contribution in [-0.4, -0.2) is 51.4 Å². The summed E-state index contributed by atoms with van der Waals surface area (Å²) >= 11 is 0. The van der Waals surface area contributed by atoms with Crippen LogP contribution in [-0.2, 0) is 17.8 Å². The van der Waals surface area contributed by atoms with Crippen LogP contribution in [0.3, 0.4) is 0 Å². The second-order valence-corrected chi connectivity index (χ2v) is 7.38. The molecule has 156 valence electrons. The smallest absolute Gasteiger partial charge is 0.191 e. The van der Waals surface area contributed by atoms with Crippen LogP contribution in [0, 0.1) is 6.92 Å². The zero-order chi connectivity index (χ0) is 20.6. The first-order valence-electron chi connectivity index (χ1n) is 9.97. The predicted molar refractivity (Wildman–Crippen MR) is 117 cm³/mol. The quantitative estimate of drug-likeness (QED) is 0.553. The van der Waals surface area contributed by atoms with Crippen molar-refractivity contribution in [2.24, 2.45) is 4.99 Å². The van der Waals surface area contributed by atoms with Crippen LogP contribution >= 0.6 is 0 Å². The molecule has 1 unspecified atom stereocenters. The van der Waals surface area contributed by atoms with Crippen LogP contribution in [0.2, 0.25) is 0 Å². The van der Waals surface area contributed by atoms with E-state index in [0.717, 1.165) is 41.8 Å². The van der Waals surface area contributed by atoms with Gasteiger partial charge in [0.25, 0.3) is 0 Å². The number of pyridine rings is 1. The number of benzene rings is 1. The monoisotopic (exact) mass is 397 g/mol. The molecule has 1 aliphatic heterocycles. The lowest BCUT2D eigenvalue weighted by molar-refractivity contribution is 0.140. The maximum Gasteiger partial charge on any atom is 0.191 e. The molecule has 7 nitrogen and oxygen atoms in total. The third kappa shape index (κ3) is 6.09. The van der Waals surface area contributed by atoms with Crippen LogP contribution in [0.15, 0.2) is 41.4 Å². The highest BCUT2D eigenvalue weighted by molar-refractivity contribution is 5.79. The van der Waals surface area contributed by atoms with Crippen LogP contribution in [0.1, 0.15) is 23.2 Å². The lowest BCUT2D eigenvalue weighted by Gasteiger charge is -2.18. The molecule has 2 aromatic rings. The van der Waals surface area contributed by atoms with Gasteiger partial charge in [0.1, 0.15) is 17.7 Å². The van der Waals surface area contributed by atoms with Crippen molar-refractivity contribution in [3.63, 3.8) is 0 Å². The van der Waals surface area contributed by atoms with Gasteiger partial charge in [0.15, 0.2) is 5.96 Å². The topological polar surface area (TPSA) is 71.0 Å².